The highest BCUT2D eigenvalue weighted by molar-refractivity contribution is 5.15. The number of hydrogen-bond donors (Lipinski definition) is 1. The first kappa shape index (κ1) is 11.3. The summed E-state index contributed by atoms with van der Waals surface area (Å²) >= 11 is 0. The number of aliphatic hydroxyl groups is 1. The van der Waals surface area contributed by atoms with Gasteiger partial charge in [-0.1, -0.05) is 43.2 Å². The van der Waals surface area contributed by atoms with Gasteiger partial charge in [-0.3, -0.25) is 0 Å². The van der Waals surface area contributed by atoms with E-state index >= 15 is 0 Å². The fourth-order valence-electron chi connectivity index (χ4n) is 3.77. The van der Waals surface area contributed by atoms with Crippen molar-refractivity contribution in [3.8, 4) is 0 Å². The van der Waals surface area contributed by atoms with Crippen molar-refractivity contribution in [2.75, 3.05) is 0 Å². The van der Waals surface area contributed by atoms with Crippen LogP contribution in [-0.2, 0) is 6.42 Å². The van der Waals surface area contributed by atoms with Gasteiger partial charge in [0.25, 0.3) is 0 Å². The molecule has 3 atom stereocenters. The van der Waals surface area contributed by atoms with E-state index in [2.05, 4.69) is 30.3 Å². The van der Waals surface area contributed by atoms with Crippen LogP contribution in [0, 0.1) is 17.8 Å². The van der Waals surface area contributed by atoms with Crippen molar-refractivity contribution >= 4 is 0 Å². The SMILES string of the molecule is OC(CCc1ccccc1)C1C2CCCCC21. The molecule has 0 aliphatic heterocycles. The normalized spacial score (nSPS) is 32.9. The minimum atomic E-state index is -0.0525. The maximum absolute atomic E-state index is 10.3. The molecule has 3 unspecified atom stereocenters. The summed E-state index contributed by atoms with van der Waals surface area (Å²) in [6.45, 7) is 0. The fourth-order valence-corrected chi connectivity index (χ4v) is 3.77. The first-order valence-electron chi connectivity index (χ1n) is 7.08. The van der Waals surface area contributed by atoms with Gasteiger partial charge in [-0.2, -0.15) is 0 Å². The second-order valence-corrected chi connectivity index (χ2v) is 5.78. The summed E-state index contributed by atoms with van der Waals surface area (Å²) in [6.07, 6.45) is 7.45. The molecule has 1 heteroatoms. The zero-order valence-electron chi connectivity index (χ0n) is 10.4. The molecule has 0 radical (unpaired) electrons. The lowest BCUT2D eigenvalue weighted by Crippen LogP contribution is -2.12. The van der Waals surface area contributed by atoms with Crippen LogP contribution in [0.15, 0.2) is 30.3 Å². The first-order valence-corrected chi connectivity index (χ1v) is 7.08. The zero-order valence-corrected chi connectivity index (χ0v) is 10.4. The lowest BCUT2D eigenvalue weighted by Gasteiger charge is -2.10. The number of rotatable bonds is 4. The predicted octanol–water partition coefficient (Wildman–Crippen LogP) is 3.42. The molecule has 3 rings (SSSR count). The Balaban J connectivity index is 1.50. The van der Waals surface area contributed by atoms with Gasteiger partial charge in [-0.05, 0) is 49.0 Å². The van der Waals surface area contributed by atoms with Crippen LogP contribution in [0.25, 0.3) is 0 Å². The molecule has 2 fully saturated rings. The van der Waals surface area contributed by atoms with E-state index in [9.17, 15) is 5.11 Å². The van der Waals surface area contributed by atoms with E-state index in [-0.39, 0.29) is 6.10 Å². The highest BCUT2D eigenvalue weighted by Gasteiger charge is 2.53. The summed E-state index contributed by atoms with van der Waals surface area (Å²) in [5, 5.41) is 10.3. The Morgan fingerprint density at radius 2 is 1.71 bits per heavy atom. The van der Waals surface area contributed by atoms with Gasteiger partial charge in [-0.15, -0.1) is 0 Å². The Morgan fingerprint density at radius 3 is 2.35 bits per heavy atom. The smallest absolute Gasteiger partial charge is 0.0577 e. The van der Waals surface area contributed by atoms with Crippen LogP contribution in [0.5, 0.6) is 0 Å². The van der Waals surface area contributed by atoms with E-state index in [1.165, 1.54) is 31.2 Å². The molecule has 1 N–H and O–H groups in total. The van der Waals surface area contributed by atoms with E-state index in [0.29, 0.717) is 5.92 Å². The minimum absolute atomic E-state index is 0.0525. The second-order valence-electron chi connectivity index (χ2n) is 5.78. The van der Waals surface area contributed by atoms with Crippen LogP contribution < -0.4 is 0 Å². The summed E-state index contributed by atoms with van der Waals surface area (Å²) in [7, 11) is 0. The number of benzene rings is 1. The molecule has 0 bridgehead atoms. The van der Waals surface area contributed by atoms with Crippen LogP contribution in [0.4, 0.5) is 0 Å². The Bertz CT molecular complexity index is 347. The fraction of sp³-hybridized carbons (Fsp3) is 0.625. The third kappa shape index (κ3) is 2.40. The van der Waals surface area contributed by atoms with Gasteiger partial charge in [0, 0.05) is 0 Å². The molecule has 0 heterocycles. The molecule has 2 saturated carbocycles. The van der Waals surface area contributed by atoms with E-state index < -0.39 is 0 Å². The molecule has 0 aromatic heterocycles. The molecule has 0 spiro atoms. The van der Waals surface area contributed by atoms with E-state index in [0.717, 1.165) is 24.7 Å². The lowest BCUT2D eigenvalue weighted by atomic mass is 10.0. The van der Waals surface area contributed by atoms with Crippen LogP contribution >= 0.6 is 0 Å². The summed E-state index contributed by atoms with van der Waals surface area (Å²) in [6, 6.07) is 10.5. The number of hydrogen-bond acceptors (Lipinski definition) is 1. The molecule has 1 aromatic rings. The van der Waals surface area contributed by atoms with Gasteiger partial charge in [0.1, 0.15) is 0 Å². The molecule has 17 heavy (non-hydrogen) atoms. The van der Waals surface area contributed by atoms with Crippen molar-refractivity contribution in [1.82, 2.24) is 0 Å². The molecule has 1 nitrogen and oxygen atoms in total. The predicted molar refractivity (Wildman–Crippen MR) is 69.7 cm³/mol. The molecule has 92 valence electrons. The van der Waals surface area contributed by atoms with E-state index in [4.69, 9.17) is 0 Å². The number of fused-ring (bicyclic) bond motifs is 1. The van der Waals surface area contributed by atoms with Gasteiger partial charge in [0.05, 0.1) is 6.10 Å². The van der Waals surface area contributed by atoms with Crippen molar-refractivity contribution in [1.29, 1.82) is 0 Å². The number of aliphatic hydroxyl groups excluding tert-OH is 1. The minimum Gasteiger partial charge on any atom is -0.393 e. The van der Waals surface area contributed by atoms with Gasteiger partial charge in [0.15, 0.2) is 0 Å². The molecular formula is C16H22O. The average Bonchev–Trinajstić information content (AvgIpc) is 3.11. The Hall–Kier alpha value is -0.820. The molecule has 1 aromatic carbocycles. The number of aryl methyl sites for hydroxylation is 1. The second kappa shape index (κ2) is 4.81. The van der Waals surface area contributed by atoms with Gasteiger partial charge in [0.2, 0.25) is 0 Å². The van der Waals surface area contributed by atoms with Gasteiger partial charge in [-0.25, -0.2) is 0 Å². The van der Waals surface area contributed by atoms with E-state index in [1.807, 2.05) is 0 Å². The van der Waals surface area contributed by atoms with Crippen molar-refractivity contribution in [2.45, 2.75) is 44.6 Å². The third-order valence-corrected chi connectivity index (χ3v) is 4.74. The Kier molecular flexibility index (Phi) is 3.19. The van der Waals surface area contributed by atoms with Crippen molar-refractivity contribution < 1.29 is 5.11 Å². The Morgan fingerprint density at radius 1 is 1.06 bits per heavy atom. The Labute approximate surface area is 104 Å². The van der Waals surface area contributed by atoms with E-state index in [1.54, 1.807) is 0 Å². The van der Waals surface area contributed by atoms with Gasteiger partial charge >= 0.3 is 0 Å². The summed E-state index contributed by atoms with van der Waals surface area (Å²) in [5.41, 5.74) is 1.36. The molecule has 2 aliphatic rings. The summed E-state index contributed by atoms with van der Waals surface area (Å²) in [4.78, 5) is 0. The molecule has 2 aliphatic carbocycles. The highest BCUT2D eigenvalue weighted by atomic mass is 16.3. The van der Waals surface area contributed by atoms with Crippen molar-refractivity contribution in [3.05, 3.63) is 35.9 Å². The first-order chi connectivity index (χ1) is 8.36. The maximum atomic E-state index is 10.3. The topological polar surface area (TPSA) is 20.2 Å². The summed E-state index contributed by atoms with van der Waals surface area (Å²) < 4.78 is 0. The lowest BCUT2D eigenvalue weighted by molar-refractivity contribution is 0.131. The third-order valence-electron chi connectivity index (χ3n) is 4.74. The zero-order chi connectivity index (χ0) is 11.7. The standard InChI is InChI=1S/C16H22O/c17-15(11-10-12-6-2-1-3-7-12)16-13-8-4-5-9-14(13)16/h1-3,6-7,13-17H,4-5,8-11H2. The van der Waals surface area contributed by atoms with Crippen LogP contribution in [-0.4, -0.2) is 11.2 Å². The quantitative estimate of drug-likeness (QED) is 0.840. The molecule has 0 saturated heterocycles. The van der Waals surface area contributed by atoms with Gasteiger partial charge < -0.3 is 5.11 Å². The maximum Gasteiger partial charge on any atom is 0.0577 e. The molecule has 0 amide bonds. The van der Waals surface area contributed by atoms with Crippen molar-refractivity contribution in [3.63, 3.8) is 0 Å². The van der Waals surface area contributed by atoms with Crippen molar-refractivity contribution in [2.24, 2.45) is 17.8 Å². The van der Waals surface area contributed by atoms with Crippen LogP contribution in [0.3, 0.4) is 0 Å². The monoisotopic (exact) mass is 230 g/mol. The largest absolute Gasteiger partial charge is 0.393 e. The van der Waals surface area contributed by atoms with Crippen LogP contribution in [0.2, 0.25) is 0 Å². The summed E-state index contributed by atoms with van der Waals surface area (Å²) in [5.74, 6) is 2.38. The highest BCUT2D eigenvalue weighted by Crippen LogP contribution is 2.57. The average molecular weight is 230 g/mol. The molecular weight excluding hydrogens is 208 g/mol. The van der Waals surface area contributed by atoms with Crippen LogP contribution in [0.1, 0.15) is 37.7 Å².